The molecule has 0 saturated carbocycles. The highest BCUT2D eigenvalue weighted by atomic mass is 16.5. The van der Waals surface area contributed by atoms with Gasteiger partial charge in [0.1, 0.15) is 6.07 Å². The summed E-state index contributed by atoms with van der Waals surface area (Å²) in [7, 11) is 0. The normalized spacial score (nSPS) is 16.9. The van der Waals surface area contributed by atoms with Gasteiger partial charge in [-0.2, -0.15) is 10.4 Å². The predicted molar refractivity (Wildman–Crippen MR) is 101 cm³/mol. The molecule has 0 radical (unpaired) electrons. The Balaban J connectivity index is 1.74. The third-order valence-corrected chi connectivity index (χ3v) is 4.87. The lowest BCUT2D eigenvalue weighted by atomic mass is 10.0. The van der Waals surface area contributed by atoms with Gasteiger partial charge in [0.25, 0.3) is 0 Å². The van der Waals surface area contributed by atoms with Gasteiger partial charge in [0.05, 0.1) is 30.6 Å². The molecule has 7 heteroatoms. The van der Waals surface area contributed by atoms with Gasteiger partial charge in [-0.25, -0.2) is 4.68 Å². The SMILES string of the molecule is Cc1nn(-c2ccccc2)c(C)c1C1COCCN1c1ccc(C#N)nn1. The molecule has 0 spiro atoms. The molecule has 0 amide bonds. The van der Waals surface area contributed by atoms with Gasteiger partial charge in [-0.3, -0.25) is 0 Å². The summed E-state index contributed by atoms with van der Waals surface area (Å²) < 4.78 is 7.75. The second kappa shape index (κ2) is 7.17. The van der Waals surface area contributed by atoms with Crippen LogP contribution in [0.15, 0.2) is 42.5 Å². The maximum Gasteiger partial charge on any atom is 0.163 e. The van der Waals surface area contributed by atoms with Crippen LogP contribution in [0.2, 0.25) is 0 Å². The van der Waals surface area contributed by atoms with Crippen molar-refractivity contribution >= 4 is 5.82 Å². The molecule has 0 N–H and O–H groups in total. The van der Waals surface area contributed by atoms with E-state index in [1.807, 2.05) is 54.1 Å². The van der Waals surface area contributed by atoms with Gasteiger partial charge in [0.15, 0.2) is 11.5 Å². The summed E-state index contributed by atoms with van der Waals surface area (Å²) in [5.41, 5.74) is 4.54. The Morgan fingerprint density at radius 3 is 2.63 bits per heavy atom. The summed E-state index contributed by atoms with van der Waals surface area (Å²) in [6.45, 7) is 6.01. The predicted octanol–water partition coefficient (Wildman–Crippen LogP) is 2.73. The van der Waals surface area contributed by atoms with Crippen molar-refractivity contribution in [1.82, 2.24) is 20.0 Å². The number of hydrogen-bond donors (Lipinski definition) is 0. The maximum absolute atomic E-state index is 8.96. The molecule has 1 aliphatic rings. The number of anilines is 1. The molecule has 136 valence electrons. The van der Waals surface area contributed by atoms with E-state index in [1.165, 1.54) is 0 Å². The van der Waals surface area contributed by atoms with Crippen molar-refractivity contribution in [1.29, 1.82) is 5.26 Å². The molecule has 1 saturated heterocycles. The standard InChI is InChI=1S/C20H20N6O/c1-14-20(15(2)26(24-14)17-6-4-3-5-7-17)18-13-27-11-10-25(18)19-9-8-16(12-21)22-23-19/h3-9,18H,10-11,13H2,1-2H3. The van der Waals surface area contributed by atoms with Crippen molar-refractivity contribution in [2.24, 2.45) is 0 Å². The highest BCUT2D eigenvalue weighted by Crippen LogP contribution is 2.33. The van der Waals surface area contributed by atoms with E-state index in [9.17, 15) is 0 Å². The van der Waals surface area contributed by atoms with E-state index < -0.39 is 0 Å². The fourth-order valence-corrected chi connectivity index (χ4v) is 3.61. The summed E-state index contributed by atoms with van der Waals surface area (Å²) >= 11 is 0. The zero-order valence-electron chi connectivity index (χ0n) is 15.3. The second-order valence-corrected chi connectivity index (χ2v) is 6.50. The first-order valence-corrected chi connectivity index (χ1v) is 8.89. The third kappa shape index (κ3) is 3.15. The molecule has 1 unspecified atom stereocenters. The smallest absolute Gasteiger partial charge is 0.163 e. The highest BCUT2D eigenvalue weighted by Gasteiger charge is 2.31. The van der Waals surface area contributed by atoms with Crippen molar-refractivity contribution in [2.75, 3.05) is 24.7 Å². The zero-order chi connectivity index (χ0) is 18.8. The first-order valence-electron chi connectivity index (χ1n) is 8.89. The minimum Gasteiger partial charge on any atom is -0.377 e. The van der Waals surface area contributed by atoms with E-state index in [2.05, 4.69) is 22.0 Å². The monoisotopic (exact) mass is 360 g/mol. The first kappa shape index (κ1) is 17.2. The van der Waals surface area contributed by atoms with E-state index in [4.69, 9.17) is 15.1 Å². The van der Waals surface area contributed by atoms with Crippen molar-refractivity contribution in [3.8, 4) is 11.8 Å². The van der Waals surface area contributed by atoms with Crippen LogP contribution in [0.3, 0.4) is 0 Å². The summed E-state index contributed by atoms with van der Waals surface area (Å²) in [5.74, 6) is 0.744. The molecule has 7 nitrogen and oxygen atoms in total. The topological polar surface area (TPSA) is 79.9 Å². The molecule has 1 atom stereocenters. The van der Waals surface area contributed by atoms with Gasteiger partial charge in [0.2, 0.25) is 0 Å². The molecule has 4 rings (SSSR count). The number of morpholine rings is 1. The molecular weight excluding hydrogens is 340 g/mol. The lowest BCUT2D eigenvalue weighted by Gasteiger charge is -2.36. The highest BCUT2D eigenvalue weighted by molar-refractivity contribution is 5.47. The summed E-state index contributed by atoms with van der Waals surface area (Å²) in [4.78, 5) is 2.18. The minimum atomic E-state index is -0.00144. The number of hydrogen-bond acceptors (Lipinski definition) is 6. The van der Waals surface area contributed by atoms with Gasteiger partial charge in [-0.05, 0) is 38.1 Å². The van der Waals surface area contributed by atoms with Crippen molar-refractivity contribution in [2.45, 2.75) is 19.9 Å². The number of aryl methyl sites for hydroxylation is 1. The summed E-state index contributed by atoms with van der Waals surface area (Å²) in [6, 6.07) is 15.7. The average Bonchev–Trinajstić information content (AvgIpc) is 3.03. The Morgan fingerprint density at radius 1 is 1.11 bits per heavy atom. The Bertz CT molecular complexity index is 974. The Morgan fingerprint density at radius 2 is 1.93 bits per heavy atom. The quantitative estimate of drug-likeness (QED) is 0.714. The van der Waals surface area contributed by atoms with Crippen LogP contribution in [0, 0.1) is 25.2 Å². The number of para-hydroxylation sites is 1. The van der Waals surface area contributed by atoms with Gasteiger partial charge in [0, 0.05) is 17.8 Å². The Kier molecular flexibility index (Phi) is 4.57. The van der Waals surface area contributed by atoms with Crippen molar-refractivity contribution in [3.05, 3.63) is 65.1 Å². The van der Waals surface area contributed by atoms with Crippen molar-refractivity contribution < 1.29 is 4.74 Å². The largest absolute Gasteiger partial charge is 0.377 e. The Labute approximate surface area is 157 Å². The molecule has 0 aliphatic carbocycles. The van der Waals surface area contributed by atoms with Crippen LogP contribution in [-0.4, -0.2) is 39.7 Å². The minimum absolute atomic E-state index is 0.00144. The van der Waals surface area contributed by atoms with Gasteiger partial charge >= 0.3 is 0 Å². The van der Waals surface area contributed by atoms with Crippen LogP contribution in [0.25, 0.3) is 5.69 Å². The first-order chi connectivity index (χ1) is 13.2. The maximum atomic E-state index is 8.96. The fraction of sp³-hybridized carbons (Fsp3) is 0.300. The van der Waals surface area contributed by atoms with Crippen LogP contribution in [0.1, 0.15) is 28.7 Å². The molecule has 3 heterocycles. The van der Waals surface area contributed by atoms with Crippen LogP contribution < -0.4 is 4.90 Å². The lowest BCUT2D eigenvalue weighted by Crippen LogP contribution is -2.40. The molecule has 1 aromatic carbocycles. The van der Waals surface area contributed by atoms with Crippen LogP contribution in [0.4, 0.5) is 5.82 Å². The average molecular weight is 360 g/mol. The number of nitrogens with zero attached hydrogens (tertiary/aromatic N) is 6. The van der Waals surface area contributed by atoms with E-state index in [0.29, 0.717) is 25.5 Å². The Hall–Kier alpha value is -3.24. The summed E-state index contributed by atoms with van der Waals surface area (Å²) in [5, 5.41) is 21.9. The van der Waals surface area contributed by atoms with E-state index >= 15 is 0 Å². The number of rotatable bonds is 3. The third-order valence-electron chi connectivity index (χ3n) is 4.87. The van der Waals surface area contributed by atoms with E-state index in [-0.39, 0.29) is 6.04 Å². The number of ether oxygens (including phenoxy) is 1. The van der Waals surface area contributed by atoms with Gasteiger partial charge in [-0.15, -0.1) is 10.2 Å². The van der Waals surface area contributed by atoms with E-state index in [0.717, 1.165) is 28.5 Å². The number of aromatic nitrogens is 4. The lowest BCUT2D eigenvalue weighted by molar-refractivity contribution is 0.0932. The molecule has 2 aromatic heterocycles. The number of benzene rings is 1. The van der Waals surface area contributed by atoms with Crippen LogP contribution >= 0.6 is 0 Å². The second-order valence-electron chi connectivity index (χ2n) is 6.50. The van der Waals surface area contributed by atoms with Gasteiger partial charge in [-0.1, -0.05) is 18.2 Å². The van der Waals surface area contributed by atoms with Crippen LogP contribution in [0.5, 0.6) is 0 Å². The van der Waals surface area contributed by atoms with E-state index in [1.54, 1.807) is 6.07 Å². The van der Waals surface area contributed by atoms with Gasteiger partial charge < -0.3 is 9.64 Å². The molecule has 3 aromatic rings. The molecule has 27 heavy (non-hydrogen) atoms. The fourth-order valence-electron chi connectivity index (χ4n) is 3.61. The number of nitriles is 1. The summed E-state index contributed by atoms with van der Waals surface area (Å²) in [6.07, 6.45) is 0. The molecular formula is C20H20N6O. The van der Waals surface area contributed by atoms with Crippen LogP contribution in [-0.2, 0) is 4.74 Å². The molecule has 1 fully saturated rings. The van der Waals surface area contributed by atoms with Crippen molar-refractivity contribution in [3.63, 3.8) is 0 Å². The zero-order valence-corrected chi connectivity index (χ0v) is 15.3. The molecule has 0 bridgehead atoms. The molecule has 1 aliphatic heterocycles.